The Labute approximate surface area is 209 Å². The van der Waals surface area contributed by atoms with Gasteiger partial charge in [-0.05, 0) is 55.0 Å². The molecule has 5 atom stereocenters. The number of hydrogen-bond acceptors (Lipinski definition) is 5. The van der Waals surface area contributed by atoms with Crippen LogP contribution in [-0.2, 0) is 14.4 Å². The molecule has 0 fully saturated rings. The van der Waals surface area contributed by atoms with Crippen LogP contribution >= 0.6 is 0 Å². The van der Waals surface area contributed by atoms with Gasteiger partial charge in [0.05, 0.1) is 6.04 Å². The summed E-state index contributed by atoms with van der Waals surface area (Å²) in [5.74, 6) is -0.303. The molecule has 4 N–H and O–H groups in total. The maximum atomic E-state index is 13.7. The van der Waals surface area contributed by atoms with E-state index in [0.717, 1.165) is 12.0 Å². The van der Waals surface area contributed by atoms with Gasteiger partial charge in [-0.15, -0.1) is 0 Å². The van der Waals surface area contributed by atoms with Crippen LogP contribution in [0.15, 0.2) is 30.5 Å². The number of carbonyl (C=O) groups excluding carboxylic acids is 3. The summed E-state index contributed by atoms with van der Waals surface area (Å²) in [6.45, 7) is 11.9. The van der Waals surface area contributed by atoms with Crippen LogP contribution in [0, 0.1) is 17.8 Å². The van der Waals surface area contributed by atoms with E-state index in [1.807, 2.05) is 65.8 Å². The zero-order valence-electron chi connectivity index (χ0n) is 22.1. The van der Waals surface area contributed by atoms with Crippen molar-refractivity contribution in [2.45, 2.75) is 78.6 Å². The monoisotopic (exact) mass is 486 g/mol. The molecule has 1 aromatic carbocycles. The van der Waals surface area contributed by atoms with E-state index >= 15 is 0 Å². The zero-order chi connectivity index (χ0) is 26.1. The Morgan fingerprint density at radius 1 is 1.06 bits per heavy atom. The molecule has 0 unspecified atom stereocenters. The molecule has 0 saturated carbocycles. The Balaban J connectivity index is 2.50. The molecule has 2 aliphatic rings. The summed E-state index contributed by atoms with van der Waals surface area (Å²) in [5.41, 5.74) is 0.899. The molecule has 0 aromatic heterocycles. The van der Waals surface area contributed by atoms with Gasteiger partial charge in [0.15, 0.2) is 0 Å². The predicted molar refractivity (Wildman–Crippen MR) is 138 cm³/mol. The van der Waals surface area contributed by atoms with E-state index < -0.39 is 30.1 Å². The van der Waals surface area contributed by atoms with Crippen LogP contribution in [0.3, 0.4) is 0 Å². The van der Waals surface area contributed by atoms with Gasteiger partial charge in [-0.25, -0.2) is 0 Å². The summed E-state index contributed by atoms with van der Waals surface area (Å²) in [5, 5.41) is 11.7. The molecule has 3 amide bonds. The lowest BCUT2D eigenvalue weighted by Gasteiger charge is -2.33. The van der Waals surface area contributed by atoms with Gasteiger partial charge >= 0.3 is 0 Å². The van der Waals surface area contributed by atoms with E-state index in [2.05, 4.69) is 21.3 Å². The molecule has 8 nitrogen and oxygen atoms in total. The fourth-order valence-corrected chi connectivity index (χ4v) is 4.14. The number of carbonyl (C=O) groups is 3. The Bertz CT molecular complexity index is 882. The second kappa shape index (κ2) is 13.3. The number of amides is 3. The summed E-state index contributed by atoms with van der Waals surface area (Å²) in [6.07, 6.45) is 3.97. The average Bonchev–Trinajstić information content (AvgIpc) is 2.80. The second-order valence-corrected chi connectivity index (χ2v) is 10.1. The molecular formula is C27H42N4O4. The molecule has 2 aliphatic heterocycles. The third-order valence-corrected chi connectivity index (χ3v) is 6.37. The van der Waals surface area contributed by atoms with Gasteiger partial charge in [0.2, 0.25) is 17.7 Å². The number of rotatable bonds is 8. The number of hydrogen-bond donors (Lipinski definition) is 4. The summed E-state index contributed by atoms with van der Waals surface area (Å²) >= 11 is 0. The summed E-state index contributed by atoms with van der Waals surface area (Å²) in [4.78, 5) is 39.9. The Morgan fingerprint density at radius 3 is 2.26 bits per heavy atom. The standard InChI is InChI=1S/C27H42N4O4/c1-8-18(6)22(28-7)26(33)31-23-24(17(4)5)35-20-11-9-19(10-12-20)13-14-29-25(32)21(15-16(2)3)30-27(23)34/h9-14,16-18,21-24,28H,8,15H2,1-7H3,(H,29,32)(H,30,34)(H,31,33)/t18-,21-,22-,23-,24+/m0/s1. The first-order valence-electron chi connectivity index (χ1n) is 12.6. The van der Waals surface area contributed by atoms with Gasteiger partial charge in [0, 0.05) is 6.20 Å². The third kappa shape index (κ3) is 8.09. The van der Waals surface area contributed by atoms with Crippen LogP contribution in [0.1, 0.15) is 59.9 Å². The van der Waals surface area contributed by atoms with E-state index in [1.165, 1.54) is 0 Å². The predicted octanol–water partition coefficient (Wildman–Crippen LogP) is 2.84. The van der Waals surface area contributed by atoms with Crippen LogP contribution in [0.5, 0.6) is 5.75 Å². The number of fused-ring (bicyclic) bond motifs is 10. The minimum atomic E-state index is -0.997. The van der Waals surface area contributed by atoms with E-state index in [0.29, 0.717) is 12.2 Å². The normalized spacial score (nSPS) is 22.7. The highest BCUT2D eigenvalue weighted by Gasteiger charge is 2.38. The molecule has 0 spiro atoms. The van der Waals surface area contributed by atoms with Crippen LogP contribution in [0.4, 0.5) is 0 Å². The molecule has 2 bridgehead atoms. The van der Waals surface area contributed by atoms with Gasteiger partial charge in [0.1, 0.15) is 23.9 Å². The molecule has 1 aromatic rings. The summed E-state index contributed by atoms with van der Waals surface area (Å²) < 4.78 is 6.28. The molecule has 35 heavy (non-hydrogen) atoms. The van der Waals surface area contributed by atoms with Crippen LogP contribution in [-0.4, -0.2) is 49.0 Å². The lowest BCUT2D eigenvalue weighted by Crippen LogP contribution is -2.62. The molecule has 8 heteroatoms. The quantitative estimate of drug-likeness (QED) is 0.452. The highest BCUT2D eigenvalue weighted by Crippen LogP contribution is 2.21. The molecule has 0 radical (unpaired) electrons. The fraction of sp³-hybridized carbons (Fsp3) is 0.593. The highest BCUT2D eigenvalue weighted by molar-refractivity contribution is 5.94. The largest absolute Gasteiger partial charge is 0.487 e. The fourth-order valence-electron chi connectivity index (χ4n) is 4.14. The van der Waals surface area contributed by atoms with Crippen molar-refractivity contribution in [3.8, 4) is 5.75 Å². The molecular weight excluding hydrogens is 444 g/mol. The van der Waals surface area contributed by atoms with Crippen LogP contribution < -0.4 is 26.0 Å². The van der Waals surface area contributed by atoms with Crippen molar-refractivity contribution in [3.05, 3.63) is 36.0 Å². The number of ether oxygens (including phenoxy) is 1. The zero-order valence-corrected chi connectivity index (χ0v) is 22.1. The minimum Gasteiger partial charge on any atom is -0.487 e. The van der Waals surface area contributed by atoms with E-state index in [1.54, 1.807) is 19.3 Å². The van der Waals surface area contributed by atoms with Crippen molar-refractivity contribution in [3.63, 3.8) is 0 Å². The first kappa shape index (κ1) is 28.4. The van der Waals surface area contributed by atoms with Crippen molar-refractivity contribution in [1.82, 2.24) is 21.3 Å². The molecule has 3 rings (SSSR count). The van der Waals surface area contributed by atoms with Crippen LogP contribution in [0.25, 0.3) is 6.08 Å². The number of likely N-dealkylation sites (N-methyl/N-ethyl adjacent to an activating group) is 1. The maximum Gasteiger partial charge on any atom is 0.247 e. The Morgan fingerprint density at radius 2 is 1.71 bits per heavy atom. The molecule has 0 saturated heterocycles. The van der Waals surface area contributed by atoms with E-state index in [-0.39, 0.29) is 29.6 Å². The second-order valence-electron chi connectivity index (χ2n) is 10.1. The SMILES string of the molecule is CC[C@H](C)[C@H](NC)C(=O)N[C@@H]1C(=O)N[C@@H](CC(C)C)C(=O)NC=Cc2ccc(cc2)O[C@@H]1C(C)C. The Kier molecular flexibility index (Phi) is 10.8. The van der Waals surface area contributed by atoms with E-state index in [9.17, 15) is 14.4 Å². The van der Waals surface area contributed by atoms with Gasteiger partial charge in [-0.1, -0.05) is 60.1 Å². The van der Waals surface area contributed by atoms with Crippen molar-refractivity contribution in [1.29, 1.82) is 0 Å². The van der Waals surface area contributed by atoms with Crippen LogP contribution in [0.2, 0.25) is 0 Å². The highest BCUT2D eigenvalue weighted by atomic mass is 16.5. The first-order valence-corrected chi connectivity index (χ1v) is 12.6. The van der Waals surface area contributed by atoms with E-state index in [4.69, 9.17) is 4.74 Å². The van der Waals surface area contributed by atoms with Gasteiger partial charge in [-0.2, -0.15) is 0 Å². The van der Waals surface area contributed by atoms with Gasteiger partial charge in [0.25, 0.3) is 0 Å². The smallest absolute Gasteiger partial charge is 0.247 e. The molecule has 2 heterocycles. The Hall–Kier alpha value is -2.87. The first-order chi connectivity index (χ1) is 16.6. The van der Waals surface area contributed by atoms with Gasteiger partial charge in [-0.3, -0.25) is 14.4 Å². The lowest BCUT2D eigenvalue weighted by molar-refractivity contribution is -0.135. The summed E-state index contributed by atoms with van der Waals surface area (Å²) in [7, 11) is 1.73. The summed E-state index contributed by atoms with van der Waals surface area (Å²) in [6, 6.07) is 5.17. The maximum absolute atomic E-state index is 13.7. The van der Waals surface area contributed by atoms with Crippen molar-refractivity contribution in [2.24, 2.45) is 17.8 Å². The minimum absolute atomic E-state index is 0.0683. The number of benzene rings is 1. The van der Waals surface area contributed by atoms with Crippen molar-refractivity contribution < 1.29 is 19.1 Å². The average molecular weight is 487 g/mol. The number of nitrogens with one attached hydrogen (secondary N) is 4. The third-order valence-electron chi connectivity index (χ3n) is 6.37. The van der Waals surface area contributed by atoms with Crippen molar-refractivity contribution in [2.75, 3.05) is 7.05 Å². The van der Waals surface area contributed by atoms with Gasteiger partial charge < -0.3 is 26.0 Å². The molecule has 194 valence electrons. The topological polar surface area (TPSA) is 109 Å². The van der Waals surface area contributed by atoms with Crippen molar-refractivity contribution >= 4 is 23.8 Å². The lowest BCUT2D eigenvalue weighted by atomic mass is 9.94. The molecule has 0 aliphatic carbocycles.